The predicted octanol–water partition coefficient (Wildman–Crippen LogP) is -0.671. The van der Waals surface area contributed by atoms with Crippen LogP contribution in [0.15, 0.2) is 0 Å². The molecule has 0 amide bonds. The van der Waals surface area contributed by atoms with Crippen molar-refractivity contribution in [1.29, 1.82) is 0 Å². The van der Waals surface area contributed by atoms with Crippen LogP contribution in [0, 0.1) is 17.8 Å². The number of likely N-dealkylation sites (tertiary alicyclic amines) is 1. The lowest BCUT2D eigenvalue weighted by atomic mass is 9.71. The zero-order valence-electron chi connectivity index (χ0n) is 16.1. The second-order valence-corrected chi connectivity index (χ2v) is 9.79. The van der Waals surface area contributed by atoms with Crippen molar-refractivity contribution < 1.29 is 19.7 Å². The molecule has 11 atom stereocenters. The van der Waals surface area contributed by atoms with Gasteiger partial charge in [-0.15, -0.1) is 11.6 Å². The van der Waals surface area contributed by atoms with Crippen LogP contribution in [0.3, 0.4) is 0 Å². The topological polar surface area (TPSA) is 112 Å². The fraction of sp³-hybridized carbons (Fsp3) is 1.00. The van der Waals surface area contributed by atoms with E-state index in [0.29, 0.717) is 19.2 Å². The summed E-state index contributed by atoms with van der Waals surface area (Å²) in [6, 6.07) is 0. The van der Waals surface area contributed by atoms with E-state index >= 15 is 0 Å². The number of rotatable bonds is 2. The molecule has 28 heavy (non-hydrogen) atoms. The lowest BCUT2D eigenvalue weighted by Crippen LogP contribution is -2.64. The Balaban J connectivity index is 1.32. The van der Waals surface area contributed by atoms with Crippen molar-refractivity contribution in [3.63, 3.8) is 0 Å². The van der Waals surface area contributed by atoms with Gasteiger partial charge in [-0.25, -0.2) is 0 Å². The number of nitrogens with two attached hydrogens (primary N) is 1. The molecule has 0 radical (unpaired) electrons. The average molecular weight is 417 g/mol. The molecule has 0 aromatic heterocycles. The molecule has 5 aliphatic rings. The fourth-order valence-electron chi connectivity index (χ4n) is 6.23. The smallest absolute Gasteiger partial charge is 0.141 e. The van der Waals surface area contributed by atoms with Crippen molar-refractivity contribution in [3.8, 4) is 0 Å². The molecular weight excluding hydrogens is 384 g/mol. The highest BCUT2D eigenvalue weighted by atomic mass is 35.5. The monoisotopic (exact) mass is 416 g/mol. The van der Waals surface area contributed by atoms with Crippen LogP contribution in [-0.4, -0.2) is 83.3 Å². The summed E-state index contributed by atoms with van der Waals surface area (Å²) in [5, 5.41) is 28.5. The summed E-state index contributed by atoms with van der Waals surface area (Å²) >= 11 is 6.45. The van der Waals surface area contributed by atoms with E-state index in [4.69, 9.17) is 26.8 Å². The summed E-state index contributed by atoms with van der Waals surface area (Å²) in [5.74, 6) is 1.11. The molecule has 6 unspecified atom stereocenters. The van der Waals surface area contributed by atoms with Crippen LogP contribution >= 0.6 is 11.6 Å². The standard InChI is InChI=1S/C19H33ClN4O4/c20-10-2-1-9-4-6-27-15(12(9)7-10)16-13(25)14(26)19(28-16)24-5-3-11-17(21)22-8-23-18(11)24/h9-19,22-23,25-26H,1-8,21H2/t9?,10?,11?,12?,13-,14+,15+,16-,17?,18?,19+/m0/s1. The molecular formula is C19H33ClN4O4. The molecule has 8 nitrogen and oxygen atoms in total. The van der Waals surface area contributed by atoms with Crippen molar-refractivity contribution in [2.45, 2.75) is 80.5 Å². The predicted molar refractivity (Wildman–Crippen MR) is 103 cm³/mol. The maximum absolute atomic E-state index is 10.9. The highest BCUT2D eigenvalue weighted by molar-refractivity contribution is 6.20. The molecule has 1 aliphatic carbocycles. The van der Waals surface area contributed by atoms with Gasteiger partial charge in [0, 0.05) is 31.1 Å². The maximum atomic E-state index is 10.9. The minimum Gasteiger partial charge on any atom is -0.387 e. The largest absolute Gasteiger partial charge is 0.387 e. The van der Waals surface area contributed by atoms with Crippen LogP contribution in [-0.2, 0) is 9.47 Å². The quantitative estimate of drug-likeness (QED) is 0.377. The number of halogens is 1. The molecule has 160 valence electrons. The Morgan fingerprint density at radius 1 is 1.00 bits per heavy atom. The van der Waals surface area contributed by atoms with E-state index in [1.165, 1.54) is 0 Å². The minimum absolute atomic E-state index is 0.0452. The second-order valence-electron chi connectivity index (χ2n) is 9.18. The number of alkyl halides is 1. The third-order valence-electron chi connectivity index (χ3n) is 7.72. The molecule has 4 saturated heterocycles. The van der Waals surface area contributed by atoms with Crippen LogP contribution < -0.4 is 16.4 Å². The van der Waals surface area contributed by atoms with Crippen LogP contribution in [0.2, 0.25) is 0 Å². The highest BCUT2D eigenvalue weighted by Crippen LogP contribution is 2.44. The normalized spacial score (nSPS) is 55.1. The van der Waals surface area contributed by atoms with Gasteiger partial charge >= 0.3 is 0 Å². The lowest BCUT2D eigenvalue weighted by molar-refractivity contribution is -0.174. The summed E-state index contributed by atoms with van der Waals surface area (Å²) in [5.41, 5.74) is 6.21. The van der Waals surface area contributed by atoms with Crippen molar-refractivity contribution >= 4 is 11.6 Å². The average Bonchev–Trinajstić information content (AvgIpc) is 3.24. The number of hydrogen-bond acceptors (Lipinski definition) is 8. The van der Waals surface area contributed by atoms with Gasteiger partial charge in [-0.1, -0.05) is 0 Å². The van der Waals surface area contributed by atoms with Gasteiger partial charge in [-0.2, -0.15) is 0 Å². The van der Waals surface area contributed by atoms with Gasteiger partial charge in [-0.05, 0) is 43.9 Å². The number of aliphatic hydroxyl groups excluding tert-OH is 2. The van der Waals surface area contributed by atoms with Crippen LogP contribution in [0.25, 0.3) is 0 Å². The molecule has 4 aliphatic heterocycles. The number of ether oxygens (including phenoxy) is 2. The van der Waals surface area contributed by atoms with Crippen molar-refractivity contribution in [2.75, 3.05) is 19.8 Å². The Kier molecular flexibility index (Phi) is 5.62. The Hall–Kier alpha value is -0.0300. The maximum Gasteiger partial charge on any atom is 0.141 e. The van der Waals surface area contributed by atoms with Crippen molar-refractivity contribution in [3.05, 3.63) is 0 Å². The van der Waals surface area contributed by atoms with E-state index in [2.05, 4.69) is 15.5 Å². The first-order valence-electron chi connectivity index (χ1n) is 10.8. The Morgan fingerprint density at radius 3 is 2.71 bits per heavy atom. The minimum atomic E-state index is -0.962. The molecule has 4 heterocycles. The third kappa shape index (κ3) is 3.31. The molecule has 0 spiro atoms. The second kappa shape index (κ2) is 7.90. The molecule has 5 fully saturated rings. The number of fused-ring (bicyclic) bond motifs is 2. The summed E-state index contributed by atoms with van der Waals surface area (Å²) < 4.78 is 12.4. The van der Waals surface area contributed by atoms with E-state index in [9.17, 15) is 10.2 Å². The Labute approximate surface area is 171 Å². The van der Waals surface area contributed by atoms with Gasteiger partial charge in [0.15, 0.2) is 0 Å². The summed E-state index contributed by atoms with van der Waals surface area (Å²) in [4.78, 5) is 2.13. The van der Waals surface area contributed by atoms with E-state index in [0.717, 1.165) is 38.6 Å². The van der Waals surface area contributed by atoms with Crippen LogP contribution in [0.1, 0.15) is 32.1 Å². The van der Waals surface area contributed by atoms with Crippen LogP contribution in [0.5, 0.6) is 0 Å². The first-order chi connectivity index (χ1) is 13.5. The summed E-state index contributed by atoms with van der Waals surface area (Å²) in [6.45, 7) is 2.09. The molecule has 0 aromatic rings. The SMILES string of the molecule is NC1NCNC2C1CCN2[C@@H]1O[C@H]([C@@H]2OCCC3CCC(Cl)CC32)[C@@H](O)[C@H]1O. The zero-order valence-corrected chi connectivity index (χ0v) is 16.9. The van der Waals surface area contributed by atoms with E-state index in [1.54, 1.807) is 0 Å². The van der Waals surface area contributed by atoms with Crippen molar-refractivity contribution in [2.24, 2.45) is 23.5 Å². The first-order valence-corrected chi connectivity index (χ1v) is 11.2. The van der Waals surface area contributed by atoms with Gasteiger partial charge < -0.3 is 25.4 Å². The van der Waals surface area contributed by atoms with E-state index < -0.39 is 24.5 Å². The summed E-state index contributed by atoms with van der Waals surface area (Å²) in [7, 11) is 0. The number of hydrogen-bond donors (Lipinski definition) is 5. The number of aliphatic hydroxyl groups is 2. The fourth-order valence-corrected chi connectivity index (χ4v) is 6.56. The van der Waals surface area contributed by atoms with E-state index in [1.807, 2.05) is 0 Å². The zero-order chi connectivity index (χ0) is 19.4. The number of nitrogens with one attached hydrogen (secondary N) is 2. The summed E-state index contributed by atoms with van der Waals surface area (Å²) in [6.07, 6.45) is 1.79. The molecule has 9 heteroatoms. The highest BCUT2D eigenvalue weighted by Gasteiger charge is 2.55. The molecule has 1 saturated carbocycles. The molecule has 6 N–H and O–H groups in total. The van der Waals surface area contributed by atoms with Gasteiger partial charge in [0.25, 0.3) is 0 Å². The first kappa shape index (κ1) is 19.9. The molecule has 0 aromatic carbocycles. The molecule has 5 rings (SSSR count). The van der Waals surface area contributed by atoms with Crippen molar-refractivity contribution in [1.82, 2.24) is 15.5 Å². The Bertz CT molecular complexity index is 574. The van der Waals surface area contributed by atoms with Gasteiger partial charge in [0.2, 0.25) is 0 Å². The lowest BCUT2D eigenvalue weighted by Gasteiger charge is -2.45. The van der Waals surface area contributed by atoms with Gasteiger partial charge in [0.1, 0.15) is 24.5 Å². The van der Waals surface area contributed by atoms with Crippen LogP contribution in [0.4, 0.5) is 0 Å². The Morgan fingerprint density at radius 2 is 1.86 bits per heavy atom. The van der Waals surface area contributed by atoms with Gasteiger partial charge in [-0.3, -0.25) is 15.5 Å². The third-order valence-corrected chi connectivity index (χ3v) is 8.12. The molecule has 0 bridgehead atoms. The number of nitrogens with zero attached hydrogens (tertiary/aromatic N) is 1. The van der Waals surface area contributed by atoms with E-state index in [-0.39, 0.29) is 35.6 Å². The van der Waals surface area contributed by atoms with Gasteiger partial charge in [0.05, 0.1) is 18.4 Å².